The second kappa shape index (κ2) is 13.5. The minimum absolute atomic E-state index is 0.0246. The summed E-state index contributed by atoms with van der Waals surface area (Å²) in [5.41, 5.74) is 7.34. The predicted octanol–water partition coefficient (Wildman–Crippen LogP) is 6.29. The summed E-state index contributed by atoms with van der Waals surface area (Å²) in [7, 11) is 1.69. The van der Waals surface area contributed by atoms with Crippen molar-refractivity contribution in [2.24, 2.45) is 5.92 Å². The number of carbonyl (C=O) groups is 1. The Bertz CT molecular complexity index is 1670. The van der Waals surface area contributed by atoms with E-state index < -0.39 is 5.82 Å². The molecule has 9 heteroatoms. The molecule has 248 valence electrons. The molecule has 4 aliphatic rings. The number of methoxy groups -OCH3 is 1. The number of nitrogens with one attached hydrogen (secondary N) is 2. The van der Waals surface area contributed by atoms with Crippen LogP contribution in [0.4, 0.5) is 10.1 Å². The zero-order chi connectivity index (χ0) is 32.7. The molecule has 3 atom stereocenters. The second-order valence-corrected chi connectivity index (χ2v) is 13.9. The van der Waals surface area contributed by atoms with Crippen LogP contribution in [0.1, 0.15) is 47.9 Å². The Hall–Kier alpha value is -3.59. The Morgan fingerprint density at radius 2 is 1.87 bits per heavy atom. The van der Waals surface area contributed by atoms with E-state index in [1.807, 2.05) is 19.1 Å². The van der Waals surface area contributed by atoms with E-state index in [9.17, 15) is 9.18 Å². The van der Waals surface area contributed by atoms with Crippen LogP contribution in [0.5, 0.6) is 11.5 Å². The molecule has 0 unspecified atom stereocenters. The van der Waals surface area contributed by atoms with Gasteiger partial charge in [-0.3, -0.25) is 4.79 Å². The van der Waals surface area contributed by atoms with E-state index in [0.29, 0.717) is 24.2 Å². The van der Waals surface area contributed by atoms with Crippen LogP contribution in [-0.2, 0) is 11.3 Å². The van der Waals surface area contributed by atoms with Gasteiger partial charge in [-0.2, -0.15) is 0 Å². The summed E-state index contributed by atoms with van der Waals surface area (Å²) in [6.45, 7) is 8.29. The van der Waals surface area contributed by atoms with Gasteiger partial charge in [0.1, 0.15) is 5.75 Å². The Labute approximate surface area is 282 Å². The van der Waals surface area contributed by atoms with Crippen LogP contribution in [0.25, 0.3) is 5.57 Å². The third-order valence-electron chi connectivity index (χ3n) is 10.3. The van der Waals surface area contributed by atoms with Crippen molar-refractivity contribution in [3.8, 4) is 11.5 Å². The smallest absolute Gasteiger partial charge is 0.252 e. The van der Waals surface area contributed by atoms with E-state index in [1.54, 1.807) is 13.2 Å². The minimum atomic E-state index is -0.424. The highest BCUT2D eigenvalue weighted by molar-refractivity contribution is 6.32. The monoisotopic (exact) mass is 658 g/mol. The van der Waals surface area contributed by atoms with Gasteiger partial charge in [0, 0.05) is 62.0 Å². The molecular weight excluding hydrogens is 615 g/mol. The number of benzene rings is 3. The number of carbonyl (C=O) groups excluding carboxylic acids is 1. The van der Waals surface area contributed by atoms with Gasteiger partial charge in [0.15, 0.2) is 11.6 Å². The van der Waals surface area contributed by atoms with Crippen LogP contribution in [0, 0.1) is 25.6 Å². The van der Waals surface area contributed by atoms with Gasteiger partial charge in [0.05, 0.1) is 24.8 Å². The molecule has 1 amide bonds. The summed E-state index contributed by atoms with van der Waals surface area (Å²) < 4.78 is 25.8. The van der Waals surface area contributed by atoms with Gasteiger partial charge in [0.25, 0.3) is 5.91 Å². The summed E-state index contributed by atoms with van der Waals surface area (Å²) in [4.78, 5) is 19.0. The van der Waals surface area contributed by atoms with Crippen molar-refractivity contribution in [1.82, 2.24) is 15.5 Å². The van der Waals surface area contributed by atoms with Crippen molar-refractivity contribution < 1.29 is 18.7 Å². The molecule has 1 saturated carbocycles. The number of piperazine rings is 1. The van der Waals surface area contributed by atoms with Crippen LogP contribution < -0.4 is 25.0 Å². The SMILES string of the molecule is COc1cccc(CN(C(=O)C2=C(c3ccc(N4CC[C@@H](COc5c(F)ccc(C)c5Cl)C4)cc3)C[C@@H]3CNC[C@H]2N3)C2CC2)c1C. The first-order valence-corrected chi connectivity index (χ1v) is 17.2. The fraction of sp³-hybridized carbons (Fsp3) is 0.447. The molecule has 1 aliphatic carbocycles. The molecule has 7 nitrogen and oxygen atoms in total. The average Bonchev–Trinajstić information content (AvgIpc) is 3.82. The van der Waals surface area contributed by atoms with Crippen LogP contribution in [0.15, 0.2) is 60.2 Å². The summed E-state index contributed by atoms with van der Waals surface area (Å²) >= 11 is 6.32. The van der Waals surface area contributed by atoms with Crippen LogP contribution in [0.2, 0.25) is 5.02 Å². The van der Waals surface area contributed by atoms with Crippen LogP contribution in [-0.4, -0.2) is 68.8 Å². The van der Waals surface area contributed by atoms with Crippen LogP contribution in [0.3, 0.4) is 0 Å². The molecule has 47 heavy (non-hydrogen) atoms. The number of rotatable bonds is 10. The lowest BCUT2D eigenvalue weighted by atomic mass is 9.83. The summed E-state index contributed by atoms with van der Waals surface area (Å²) in [5.74, 6) is 0.989. The van der Waals surface area contributed by atoms with Gasteiger partial charge in [-0.1, -0.05) is 41.9 Å². The second-order valence-electron chi connectivity index (χ2n) is 13.5. The van der Waals surface area contributed by atoms with E-state index in [0.717, 1.165) is 96.7 Å². The largest absolute Gasteiger partial charge is 0.496 e. The van der Waals surface area contributed by atoms with Crippen molar-refractivity contribution in [1.29, 1.82) is 0 Å². The third kappa shape index (κ3) is 6.60. The van der Waals surface area contributed by atoms with E-state index >= 15 is 0 Å². The Kier molecular flexibility index (Phi) is 9.18. The normalized spacial score (nSPS) is 22.4. The van der Waals surface area contributed by atoms with Gasteiger partial charge >= 0.3 is 0 Å². The number of nitrogens with zero attached hydrogens (tertiary/aromatic N) is 2. The lowest BCUT2D eigenvalue weighted by molar-refractivity contribution is -0.128. The number of amides is 1. The maximum Gasteiger partial charge on any atom is 0.252 e. The number of anilines is 1. The molecule has 0 radical (unpaired) electrons. The highest BCUT2D eigenvalue weighted by Crippen LogP contribution is 2.38. The third-order valence-corrected chi connectivity index (χ3v) is 10.8. The molecule has 2 saturated heterocycles. The van der Waals surface area contributed by atoms with Gasteiger partial charge in [-0.05, 0) is 91.6 Å². The van der Waals surface area contributed by atoms with Gasteiger partial charge in [-0.25, -0.2) is 4.39 Å². The van der Waals surface area contributed by atoms with Crippen LogP contribution >= 0.6 is 11.6 Å². The van der Waals surface area contributed by atoms with E-state index in [-0.39, 0.29) is 29.7 Å². The first-order valence-electron chi connectivity index (χ1n) is 16.9. The van der Waals surface area contributed by atoms with Crippen molar-refractivity contribution in [2.45, 2.75) is 64.2 Å². The number of ether oxygens (including phenoxy) is 2. The van der Waals surface area contributed by atoms with Crippen molar-refractivity contribution >= 4 is 28.8 Å². The fourth-order valence-electron chi connectivity index (χ4n) is 7.42. The van der Waals surface area contributed by atoms with Gasteiger partial charge in [0.2, 0.25) is 0 Å². The Morgan fingerprint density at radius 3 is 2.64 bits per heavy atom. The molecule has 2 bridgehead atoms. The minimum Gasteiger partial charge on any atom is -0.496 e. The predicted molar refractivity (Wildman–Crippen MR) is 185 cm³/mol. The first-order chi connectivity index (χ1) is 22.8. The summed E-state index contributed by atoms with van der Waals surface area (Å²) in [6.07, 6.45) is 3.85. The van der Waals surface area contributed by atoms with E-state index in [1.165, 1.54) is 6.07 Å². The van der Waals surface area contributed by atoms with Crippen molar-refractivity contribution in [2.75, 3.05) is 44.8 Å². The molecule has 3 aliphatic heterocycles. The zero-order valence-corrected chi connectivity index (χ0v) is 28.2. The number of hydrogen-bond acceptors (Lipinski definition) is 6. The molecule has 3 fully saturated rings. The van der Waals surface area contributed by atoms with Crippen molar-refractivity contribution in [3.63, 3.8) is 0 Å². The van der Waals surface area contributed by atoms with E-state index in [2.05, 4.69) is 57.7 Å². The van der Waals surface area contributed by atoms with Gasteiger partial charge in [-0.15, -0.1) is 0 Å². The maximum atomic E-state index is 14.6. The number of halogens is 2. The molecule has 3 aromatic carbocycles. The molecule has 0 spiro atoms. The molecule has 7 rings (SSSR count). The lowest BCUT2D eigenvalue weighted by Crippen LogP contribution is -2.60. The maximum absolute atomic E-state index is 14.6. The molecule has 0 aromatic heterocycles. The lowest BCUT2D eigenvalue weighted by Gasteiger charge is -2.41. The van der Waals surface area contributed by atoms with Crippen molar-refractivity contribution in [3.05, 3.63) is 93.3 Å². The Morgan fingerprint density at radius 1 is 1.06 bits per heavy atom. The zero-order valence-electron chi connectivity index (χ0n) is 27.5. The number of hydrogen-bond donors (Lipinski definition) is 2. The molecule has 3 heterocycles. The number of fused-ring (bicyclic) bond motifs is 2. The summed E-state index contributed by atoms with van der Waals surface area (Å²) in [6, 6.07) is 18.4. The molecule has 3 aromatic rings. The number of aryl methyl sites for hydroxylation is 1. The average molecular weight is 659 g/mol. The standard InChI is InChI=1S/C38H44ClFN4O3/c1-23-7-14-32(40)37(36(23)39)47-22-25-15-16-43(20-25)29-10-8-26(9-11-29)31-17-28-18-41-19-33(42-28)35(31)38(45)44(30-12-13-30)21-27-5-4-6-34(46-3)24(27)2/h4-11,14,25,28,30,33,41-42H,12-13,15-22H2,1-3H3/t25-,28-,33-/m1/s1. The molecular formula is C38H44ClFN4O3. The topological polar surface area (TPSA) is 66.1 Å². The Balaban J connectivity index is 1.10. The first kappa shape index (κ1) is 32.0. The summed E-state index contributed by atoms with van der Waals surface area (Å²) in [5, 5.41) is 7.64. The quantitative estimate of drug-likeness (QED) is 0.267. The fourth-order valence-corrected chi connectivity index (χ4v) is 7.63. The van der Waals surface area contributed by atoms with E-state index in [4.69, 9.17) is 21.1 Å². The molecule has 2 N–H and O–H groups in total. The highest BCUT2D eigenvalue weighted by Gasteiger charge is 2.41. The highest BCUT2D eigenvalue weighted by atomic mass is 35.5. The van der Waals surface area contributed by atoms with Gasteiger partial charge < -0.3 is 29.9 Å².